The van der Waals surface area contributed by atoms with Gasteiger partial charge in [-0.3, -0.25) is 10.1 Å². The number of carboxylic acids is 1. The van der Waals surface area contributed by atoms with Crippen LogP contribution in [0.25, 0.3) is 0 Å². The van der Waals surface area contributed by atoms with Crippen LogP contribution in [0, 0.1) is 10.1 Å². The third kappa shape index (κ3) is 2.53. The molecule has 0 atom stereocenters. The molecule has 1 saturated heterocycles. The lowest BCUT2D eigenvalue weighted by Crippen LogP contribution is -2.30. The maximum Gasteiger partial charge on any atom is 0.342 e. The number of ether oxygens (including phenoxy) is 1. The summed E-state index contributed by atoms with van der Waals surface area (Å²) in [7, 11) is 0. The van der Waals surface area contributed by atoms with Crippen molar-refractivity contribution in [2.75, 3.05) is 13.2 Å². The SMILES string of the molecule is O=C(O)c1cc(SC2COC2)ncc1[N+](=O)[O-]. The number of aromatic nitrogens is 1. The van der Waals surface area contributed by atoms with E-state index in [1.807, 2.05) is 0 Å². The lowest BCUT2D eigenvalue weighted by Gasteiger charge is -2.24. The summed E-state index contributed by atoms with van der Waals surface area (Å²) in [6.45, 7) is 1.18. The number of nitro groups is 1. The van der Waals surface area contributed by atoms with Crippen LogP contribution in [-0.2, 0) is 4.74 Å². The highest BCUT2D eigenvalue weighted by molar-refractivity contribution is 8.00. The molecule has 2 heterocycles. The number of hydrogen-bond donors (Lipinski definition) is 1. The molecular formula is C9H8N2O5S. The standard InChI is InChI=1S/C9H8N2O5S/c12-9(13)6-1-8(17-5-3-16-4-5)10-2-7(6)11(14)15/h1-2,5H,3-4H2,(H,12,13). The van der Waals surface area contributed by atoms with Gasteiger partial charge in [-0.2, -0.15) is 0 Å². The summed E-state index contributed by atoms with van der Waals surface area (Å²) in [4.78, 5) is 24.6. The Hall–Kier alpha value is -1.67. The normalized spacial score (nSPS) is 15.3. The van der Waals surface area contributed by atoms with Gasteiger partial charge >= 0.3 is 11.7 Å². The highest BCUT2D eigenvalue weighted by Gasteiger charge is 2.24. The molecule has 1 aliphatic heterocycles. The number of nitrogens with zero attached hydrogens (tertiary/aromatic N) is 2. The van der Waals surface area contributed by atoms with E-state index in [2.05, 4.69) is 4.98 Å². The highest BCUT2D eigenvalue weighted by Crippen LogP contribution is 2.29. The average Bonchev–Trinajstić information content (AvgIpc) is 2.23. The zero-order valence-corrected chi connectivity index (χ0v) is 9.35. The maximum absolute atomic E-state index is 10.9. The fourth-order valence-electron chi connectivity index (χ4n) is 1.26. The Kier molecular flexibility index (Phi) is 3.25. The number of pyridine rings is 1. The Morgan fingerprint density at radius 2 is 2.35 bits per heavy atom. The molecule has 0 saturated carbocycles. The second-order valence-electron chi connectivity index (χ2n) is 3.38. The minimum atomic E-state index is -1.33. The van der Waals surface area contributed by atoms with Gasteiger partial charge in [-0.15, -0.1) is 0 Å². The third-order valence-electron chi connectivity index (χ3n) is 2.18. The van der Waals surface area contributed by atoms with Gasteiger partial charge in [0.15, 0.2) is 0 Å². The molecule has 8 heteroatoms. The molecule has 0 unspecified atom stereocenters. The van der Waals surface area contributed by atoms with Gasteiger partial charge in [0.05, 0.1) is 28.4 Å². The van der Waals surface area contributed by atoms with E-state index in [1.165, 1.54) is 17.8 Å². The molecule has 1 N–H and O–H groups in total. The fraction of sp³-hybridized carbons (Fsp3) is 0.333. The van der Waals surface area contributed by atoms with Gasteiger partial charge in [-0.05, 0) is 6.07 Å². The van der Waals surface area contributed by atoms with E-state index in [0.717, 1.165) is 6.20 Å². The summed E-state index contributed by atoms with van der Waals surface area (Å²) in [6.07, 6.45) is 0.977. The first kappa shape index (κ1) is 11.8. The first-order chi connectivity index (χ1) is 8.08. The zero-order chi connectivity index (χ0) is 12.4. The van der Waals surface area contributed by atoms with Crippen LogP contribution in [0.1, 0.15) is 10.4 Å². The molecule has 1 aliphatic rings. The second-order valence-corrected chi connectivity index (χ2v) is 4.70. The van der Waals surface area contributed by atoms with Gasteiger partial charge in [0.25, 0.3) is 0 Å². The van der Waals surface area contributed by atoms with E-state index in [0.29, 0.717) is 18.2 Å². The lowest BCUT2D eigenvalue weighted by atomic mass is 10.2. The highest BCUT2D eigenvalue weighted by atomic mass is 32.2. The molecule has 0 radical (unpaired) electrons. The van der Waals surface area contributed by atoms with Gasteiger partial charge in [-0.25, -0.2) is 9.78 Å². The van der Waals surface area contributed by atoms with Crippen molar-refractivity contribution in [2.45, 2.75) is 10.3 Å². The summed E-state index contributed by atoms with van der Waals surface area (Å²) in [5, 5.41) is 20.2. The van der Waals surface area contributed by atoms with Crippen LogP contribution in [0.3, 0.4) is 0 Å². The topological polar surface area (TPSA) is 103 Å². The summed E-state index contributed by atoms with van der Waals surface area (Å²) in [5.41, 5.74) is -0.834. The Labute approximate surface area is 100.0 Å². The van der Waals surface area contributed by atoms with Gasteiger partial charge < -0.3 is 9.84 Å². The molecule has 1 fully saturated rings. The van der Waals surface area contributed by atoms with Crippen molar-refractivity contribution in [3.05, 3.63) is 27.9 Å². The molecule has 1 aromatic rings. The number of thioether (sulfide) groups is 1. The smallest absolute Gasteiger partial charge is 0.342 e. The Morgan fingerprint density at radius 3 is 2.82 bits per heavy atom. The molecule has 0 aliphatic carbocycles. The average molecular weight is 256 g/mol. The van der Waals surface area contributed by atoms with Gasteiger partial charge in [-0.1, -0.05) is 11.8 Å². The van der Waals surface area contributed by atoms with Crippen LogP contribution >= 0.6 is 11.8 Å². The second kappa shape index (κ2) is 4.68. The van der Waals surface area contributed by atoms with Crippen LogP contribution in [0.2, 0.25) is 0 Å². The molecule has 90 valence electrons. The van der Waals surface area contributed by atoms with Crippen molar-refractivity contribution in [1.82, 2.24) is 4.98 Å². The number of aromatic carboxylic acids is 1. The molecule has 1 aromatic heterocycles. The van der Waals surface area contributed by atoms with Gasteiger partial charge in [0.1, 0.15) is 11.8 Å². The summed E-state index contributed by atoms with van der Waals surface area (Å²) < 4.78 is 4.97. The molecule has 0 bridgehead atoms. The Morgan fingerprint density at radius 1 is 1.65 bits per heavy atom. The molecule has 2 rings (SSSR count). The van der Waals surface area contributed by atoms with Gasteiger partial charge in [0, 0.05) is 0 Å². The van der Waals surface area contributed by atoms with Crippen molar-refractivity contribution in [1.29, 1.82) is 0 Å². The molecule has 17 heavy (non-hydrogen) atoms. The number of hydrogen-bond acceptors (Lipinski definition) is 6. The van der Waals surface area contributed by atoms with Crippen LogP contribution in [0.15, 0.2) is 17.3 Å². The van der Waals surface area contributed by atoms with Crippen LogP contribution < -0.4 is 0 Å². The maximum atomic E-state index is 10.9. The lowest BCUT2D eigenvalue weighted by molar-refractivity contribution is -0.385. The van der Waals surface area contributed by atoms with E-state index in [9.17, 15) is 14.9 Å². The molecule has 0 spiro atoms. The van der Waals surface area contributed by atoms with E-state index in [-0.39, 0.29) is 10.8 Å². The molecule has 0 aromatic carbocycles. The predicted octanol–water partition coefficient (Wildman–Crippen LogP) is 1.18. The summed E-state index contributed by atoms with van der Waals surface area (Å²) in [6, 6.07) is 1.23. The number of rotatable bonds is 4. The minimum absolute atomic E-state index is 0.241. The van der Waals surface area contributed by atoms with Crippen molar-refractivity contribution in [3.63, 3.8) is 0 Å². The quantitative estimate of drug-likeness (QED) is 0.637. The molecule has 7 nitrogen and oxygen atoms in total. The Bertz CT molecular complexity index is 474. The number of carboxylic acid groups (broad SMARTS) is 1. The fourth-order valence-corrected chi connectivity index (χ4v) is 2.23. The molecular weight excluding hydrogens is 248 g/mol. The Balaban J connectivity index is 2.27. The monoisotopic (exact) mass is 256 g/mol. The minimum Gasteiger partial charge on any atom is -0.477 e. The zero-order valence-electron chi connectivity index (χ0n) is 8.53. The van der Waals surface area contributed by atoms with Crippen LogP contribution in [0.4, 0.5) is 5.69 Å². The largest absolute Gasteiger partial charge is 0.477 e. The van der Waals surface area contributed by atoms with Gasteiger partial charge in [0.2, 0.25) is 0 Å². The van der Waals surface area contributed by atoms with Crippen LogP contribution in [-0.4, -0.2) is 39.4 Å². The van der Waals surface area contributed by atoms with Crippen molar-refractivity contribution >= 4 is 23.4 Å². The first-order valence-corrected chi connectivity index (χ1v) is 5.58. The predicted molar refractivity (Wildman–Crippen MR) is 58.3 cm³/mol. The van der Waals surface area contributed by atoms with Crippen molar-refractivity contribution < 1.29 is 19.6 Å². The third-order valence-corrected chi connectivity index (χ3v) is 3.25. The van der Waals surface area contributed by atoms with E-state index in [1.54, 1.807) is 0 Å². The van der Waals surface area contributed by atoms with E-state index >= 15 is 0 Å². The van der Waals surface area contributed by atoms with Crippen molar-refractivity contribution in [2.24, 2.45) is 0 Å². The first-order valence-electron chi connectivity index (χ1n) is 4.70. The van der Waals surface area contributed by atoms with Crippen molar-refractivity contribution in [3.8, 4) is 0 Å². The van der Waals surface area contributed by atoms with E-state index in [4.69, 9.17) is 9.84 Å². The summed E-state index contributed by atoms with van der Waals surface area (Å²) in [5.74, 6) is -1.33. The summed E-state index contributed by atoms with van der Waals surface area (Å²) >= 11 is 1.36. The van der Waals surface area contributed by atoms with E-state index < -0.39 is 16.6 Å². The van der Waals surface area contributed by atoms with Crippen LogP contribution in [0.5, 0.6) is 0 Å². The molecule has 0 amide bonds. The number of carbonyl (C=O) groups is 1.